The van der Waals surface area contributed by atoms with E-state index in [-0.39, 0.29) is 17.9 Å². The van der Waals surface area contributed by atoms with E-state index in [2.05, 4.69) is 26.1 Å². The third kappa shape index (κ3) is 7.93. The number of rotatable bonds is 10. The van der Waals surface area contributed by atoms with Crippen LogP contribution in [-0.4, -0.2) is 40.7 Å². The molecule has 34 heavy (non-hydrogen) atoms. The summed E-state index contributed by atoms with van der Waals surface area (Å²) in [5.74, 6) is -0.0280. The molecular formula is C25H33N5O4. The molecule has 1 aliphatic rings. The molecule has 3 rings (SSSR count). The van der Waals surface area contributed by atoms with Gasteiger partial charge in [0.1, 0.15) is 11.9 Å². The van der Waals surface area contributed by atoms with Crippen molar-refractivity contribution in [2.45, 2.75) is 58.4 Å². The molecule has 3 atom stereocenters. The lowest BCUT2D eigenvalue weighted by molar-refractivity contribution is -0.198. The van der Waals surface area contributed by atoms with E-state index in [0.717, 1.165) is 24.8 Å². The van der Waals surface area contributed by atoms with Gasteiger partial charge in [-0.2, -0.15) is 0 Å². The molecule has 3 N–H and O–H groups in total. The lowest BCUT2D eigenvalue weighted by atomic mass is 10.0. The van der Waals surface area contributed by atoms with Gasteiger partial charge in [-0.1, -0.05) is 44.2 Å². The number of aromatic nitrogens is 2. The Morgan fingerprint density at radius 2 is 1.91 bits per heavy atom. The molecule has 9 heteroatoms. The average Bonchev–Trinajstić information content (AvgIpc) is 2.86. The third-order valence-corrected chi connectivity index (χ3v) is 5.42. The molecule has 182 valence electrons. The Hall–Kier alpha value is -3.30. The molecule has 0 radical (unpaired) electrons. The number of amides is 2. The van der Waals surface area contributed by atoms with Crippen molar-refractivity contribution in [1.29, 1.82) is 0 Å². The van der Waals surface area contributed by atoms with Gasteiger partial charge in [0.25, 0.3) is 5.91 Å². The van der Waals surface area contributed by atoms with E-state index in [1.807, 2.05) is 51.1 Å². The highest BCUT2D eigenvalue weighted by atomic mass is 16.8. The molecule has 0 spiro atoms. The van der Waals surface area contributed by atoms with E-state index in [1.165, 1.54) is 24.5 Å². The normalized spacial score (nSPS) is 17.8. The molecule has 2 aromatic rings. The Kier molecular flexibility index (Phi) is 9.54. The zero-order valence-corrected chi connectivity index (χ0v) is 19.9. The van der Waals surface area contributed by atoms with Crippen LogP contribution in [0.15, 0.2) is 48.8 Å². The molecule has 1 unspecified atom stereocenters. The second-order valence-corrected chi connectivity index (χ2v) is 8.55. The predicted octanol–water partition coefficient (Wildman–Crippen LogP) is 3.38. The van der Waals surface area contributed by atoms with E-state index >= 15 is 0 Å². The molecule has 1 aromatic carbocycles. The summed E-state index contributed by atoms with van der Waals surface area (Å²) in [5, 5.41) is 6.21. The smallest absolute Gasteiger partial charge is 0.267 e. The van der Waals surface area contributed by atoms with Crippen molar-refractivity contribution in [2.24, 2.45) is 5.92 Å². The first-order chi connectivity index (χ1) is 16.4. The summed E-state index contributed by atoms with van der Waals surface area (Å²) in [6.07, 6.45) is 8.28. The van der Waals surface area contributed by atoms with E-state index in [0.29, 0.717) is 18.1 Å². The summed E-state index contributed by atoms with van der Waals surface area (Å²) in [6, 6.07) is 9.21. The van der Waals surface area contributed by atoms with Crippen LogP contribution in [0.4, 0.5) is 5.82 Å². The number of hydrogen-bond donors (Lipinski definition) is 3. The number of carbonyl (C=O) groups is 2. The summed E-state index contributed by atoms with van der Waals surface area (Å²) in [5.41, 5.74) is 3.89. The molecular weight excluding hydrogens is 434 g/mol. The average molecular weight is 468 g/mol. The van der Waals surface area contributed by atoms with Gasteiger partial charge in [-0.3, -0.25) is 14.6 Å². The summed E-state index contributed by atoms with van der Waals surface area (Å²) in [4.78, 5) is 38.7. The summed E-state index contributed by atoms with van der Waals surface area (Å²) in [7, 11) is 0. The highest BCUT2D eigenvalue weighted by Crippen LogP contribution is 2.15. The standard InChI is InChI=1S/C25H33N5O4/c1-17(2)24(25(32)28-18(3)19-9-5-4-6-10-19)29-21-16-26-20(15-27-21)12-13-22(31)30-34-23-11-7-8-14-33-23/h4-6,9-10,12-13,15-18,23-24H,7-8,11,14H2,1-3H3,(H,27,29)(H,28,32)(H,30,31)/t18-,23?,24+/m0/s1. The molecule has 2 heterocycles. The maximum atomic E-state index is 12.9. The minimum absolute atomic E-state index is 0.0289. The van der Waals surface area contributed by atoms with Gasteiger partial charge in [0.2, 0.25) is 5.91 Å². The fraction of sp³-hybridized carbons (Fsp3) is 0.440. The van der Waals surface area contributed by atoms with Crippen LogP contribution in [0.3, 0.4) is 0 Å². The van der Waals surface area contributed by atoms with Crippen LogP contribution in [0, 0.1) is 5.92 Å². The highest BCUT2D eigenvalue weighted by Gasteiger charge is 2.24. The number of hydroxylamine groups is 1. The van der Waals surface area contributed by atoms with Gasteiger partial charge in [-0.25, -0.2) is 15.3 Å². The van der Waals surface area contributed by atoms with Gasteiger partial charge < -0.3 is 15.4 Å². The molecule has 9 nitrogen and oxygen atoms in total. The second kappa shape index (κ2) is 12.8. The van der Waals surface area contributed by atoms with Crippen LogP contribution in [-0.2, 0) is 19.2 Å². The van der Waals surface area contributed by atoms with Gasteiger partial charge in [0.15, 0.2) is 6.29 Å². The Balaban J connectivity index is 1.51. The van der Waals surface area contributed by atoms with Crippen molar-refractivity contribution >= 4 is 23.7 Å². The summed E-state index contributed by atoms with van der Waals surface area (Å²) < 4.78 is 5.39. The molecule has 0 bridgehead atoms. The fourth-order valence-corrected chi connectivity index (χ4v) is 3.44. The van der Waals surface area contributed by atoms with E-state index in [4.69, 9.17) is 9.57 Å². The van der Waals surface area contributed by atoms with Crippen molar-refractivity contribution in [3.8, 4) is 0 Å². The first-order valence-electron chi connectivity index (χ1n) is 11.6. The maximum absolute atomic E-state index is 12.9. The molecule has 1 aliphatic heterocycles. The molecule has 2 amide bonds. The van der Waals surface area contributed by atoms with Crippen LogP contribution in [0.1, 0.15) is 57.3 Å². The van der Waals surface area contributed by atoms with E-state index in [9.17, 15) is 9.59 Å². The van der Waals surface area contributed by atoms with E-state index in [1.54, 1.807) is 0 Å². The molecule has 1 saturated heterocycles. The minimum Gasteiger partial charge on any atom is -0.357 e. The zero-order chi connectivity index (χ0) is 24.3. The SMILES string of the molecule is CC(C)[C@@H](Nc1cnc(C=CC(=O)NOC2CCCCO2)cn1)C(=O)N[C@@H](C)c1ccccc1. The Labute approximate surface area is 200 Å². The van der Waals surface area contributed by atoms with Gasteiger partial charge in [-0.15, -0.1) is 0 Å². The van der Waals surface area contributed by atoms with Crippen LogP contribution >= 0.6 is 0 Å². The third-order valence-electron chi connectivity index (χ3n) is 5.42. The minimum atomic E-state index is -0.480. The van der Waals surface area contributed by atoms with E-state index < -0.39 is 18.2 Å². The topological polar surface area (TPSA) is 114 Å². The molecule has 0 aliphatic carbocycles. The number of benzene rings is 1. The second-order valence-electron chi connectivity index (χ2n) is 8.55. The fourth-order valence-electron chi connectivity index (χ4n) is 3.44. The van der Waals surface area contributed by atoms with Crippen molar-refractivity contribution in [3.63, 3.8) is 0 Å². The van der Waals surface area contributed by atoms with Crippen molar-refractivity contribution < 1.29 is 19.2 Å². The molecule has 1 aromatic heterocycles. The Morgan fingerprint density at radius 1 is 1.12 bits per heavy atom. The number of nitrogens with one attached hydrogen (secondary N) is 3. The van der Waals surface area contributed by atoms with Crippen molar-refractivity contribution in [2.75, 3.05) is 11.9 Å². The van der Waals surface area contributed by atoms with Crippen molar-refractivity contribution in [1.82, 2.24) is 20.8 Å². The Morgan fingerprint density at radius 3 is 2.56 bits per heavy atom. The first-order valence-corrected chi connectivity index (χ1v) is 11.6. The van der Waals surface area contributed by atoms with Gasteiger partial charge >= 0.3 is 0 Å². The number of anilines is 1. The zero-order valence-electron chi connectivity index (χ0n) is 19.9. The quantitative estimate of drug-likeness (QED) is 0.362. The first kappa shape index (κ1) is 25.3. The molecule has 0 saturated carbocycles. The largest absolute Gasteiger partial charge is 0.357 e. The summed E-state index contributed by atoms with van der Waals surface area (Å²) in [6.45, 7) is 6.52. The van der Waals surface area contributed by atoms with Gasteiger partial charge in [0, 0.05) is 19.1 Å². The number of nitrogens with zero attached hydrogens (tertiary/aromatic N) is 2. The summed E-state index contributed by atoms with van der Waals surface area (Å²) >= 11 is 0. The number of carbonyl (C=O) groups excluding carboxylic acids is 2. The van der Waals surface area contributed by atoms with Crippen LogP contribution < -0.4 is 16.1 Å². The number of ether oxygens (including phenoxy) is 1. The van der Waals surface area contributed by atoms with Crippen LogP contribution in [0.2, 0.25) is 0 Å². The lowest BCUT2D eigenvalue weighted by Crippen LogP contribution is -2.44. The Bertz CT molecular complexity index is 944. The lowest BCUT2D eigenvalue weighted by Gasteiger charge is -2.24. The van der Waals surface area contributed by atoms with Crippen molar-refractivity contribution in [3.05, 3.63) is 60.1 Å². The van der Waals surface area contributed by atoms with Crippen LogP contribution in [0.25, 0.3) is 6.08 Å². The van der Waals surface area contributed by atoms with Gasteiger partial charge in [0.05, 0.1) is 24.1 Å². The monoisotopic (exact) mass is 467 g/mol. The number of hydrogen-bond acceptors (Lipinski definition) is 7. The maximum Gasteiger partial charge on any atom is 0.267 e. The van der Waals surface area contributed by atoms with Gasteiger partial charge in [-0.05, 0) is 37.3 Å². The highest BCUT2D eigenvalue weighted by molar-refractivity contribution is 5.90. The van der Waals surface area contributed by atoms with Crippen LogP contribution in [0.5, 0.6) is 0 Å². The predicted molar refractivity (Wildman–Crippen MR) is 129 cm³/mol. The molecule has 1 fully saturated rings.